The van der Waals surface area contributed by atoms with Crippen molar-refractivity contribution >= 4 is 16.3 Å². The van der Waals surface area contributed by atoms with Crippen molar-refractivity contribution in [3.05, 3.63) is 62.5 Å². The quantitative estimate of drug-likeness (QED) is 0.622. The number of aryl methyl sites for hydroxylation is 1. The van der Waals surface area contributed by atoms with Gasteiger partial charge in [0.05, 0.1) is 5.69 Å². The van der Waals surface area contributed by atoms with Crippen molar-refractivity contribution in [1.82, 2.24) is 19.9 Å². The van der Waals surface area contributed by atoms with Crippen LogP contribution in [0.25, 0.3) is 4.96 Å². The predicted molar refractivity (Wildman–Crippen MR) is 119 cm³/mol. The number of aromatic nitrogens is 3. The summed E-state index contributed by atoms with van der Waals surface area (Å²) in [5.74, 6) is 1.17. The molecule has 1 N–H and O–H groups in total. The first-order valence-electron chi connectivity index (χ1n) is 10.7. The molecule has 0 radical (unpaired) electrons. The normalized spacial score (nSPS) is 16.6. The van der Waals surface area contributed by atoms with E-state index in [0.29, 0.717) is 17.4 Å². The second kappa shape index (κ2) is 8.76. The number of fused-ring (bicyclic) bond motifs is 1. The smallest absolute Gasteiger partial charge is 0.275 e. The van der Waals surface area contributed by atoms with Gasteiger partial charge in [0.2, 0.25) is 4.96 Å². The minimum atomic E-state index is -0.117. The van der Waals surface area contributed by atoms with Gasteiger partial charge in [0.25, 0.3) is 5.56 Å². The van der Waals surface area contributed by atoms with Crippen molar-refractivity contribution in [1.29, 1.82) is 0 Å². The molecule has 154 valence electrons. The molecule has 2 aromatic heterocycles. The van der Waals surface area contributed by atoms with E-state index in [1.807, 2.05) is 6.92 Å². The van der Waals surface area contributed by atoms with Gasteiger partial charge in [-0.1, -0.05) is 68.7 Å². The summed E-state index contributed by atoms with van der Waals surface area (Å²) in [6.07, 6.45) is 6.76. The molecule has 1 aliphatic carbocycles. The molecule has 6 heteroatoms. The highest BCUT2D eigenvalue weighted by molar-refractivity contribution is 7.16. The largest absolute Gasteiger partial charge is 0.304 e. The first-order valence-corrected chi connectivity index (χ1v) is 11.5. The van der Waals surface area contributed by atoms with E-state index in [4.69, 9.17) is 0 Å². The van der Waals surface area contributed by atoms with E-state index in [9.17, 15) is 4.79 Å². The van der Waals surface area contributed by atoms with Crippen molar-refractivity contribution in [3.8, 4) is 0 Å². The molecule has 1 fully saturated rings. The Kier molecular flexibility index (Phi) is 6.11. The number of hydrogen-bond acceptors (Lipinski definition) is 5. The van der Waals surface area contributed by atoms with Crippen LogP contribution in [-0.4, -0.2) is 14.6 Å². The number of benzene rings is 1. The molecule has 1 aromatic carbocycles. The lowest BCUT2D eigenvalue weighted by Crippen LogP contribution is -2.27. The Hall–Kier alpha value is -2.05. The van der Waals surface area contributed by atoms with E-state index in [2.05, 4.69) is 53.5 Å². The van der Waals surface area contributed by atoms with Crippen LogP contribution in [0.5, 0.6) is 0 Å². The Balaban J connectivity index is 1.48. The lowest BCUT2D eigenvalue weighted by molar-refractivity contribution is 0.407. The van der Waals surface area contributed by atoms with Crippen LogP contribution in [0.4, 0.5) is 0 Å². The van der Waals surface area contributed by atoms with Gasteiger partial charge in [0.15, 0.2) is 0 Å². The van der Waals surface area contributed by atoms with Gasteiger partial charge in [0, 0.05) is 18.7 Å². The van der Waals surface area contributed by atoms with Gasteiger partial charge in [0.1, 0.15) is 5.01 Å². The molecule has 1 aliphatic rings. The third kappa shape index (κ3) is 4.59. The van der Waals surface area contributed by atoms with Gasteiger partial charge < -0.3 is 5.32 Å². The van der Waals surface area contributed by atoms with Crippen molar-refractivity contribution in [2.24, 2.45) is 5.92 Å². The Morgan fingerprint density at radius 1 is 1.17 bits per heavy atom. The van der Waals surface area contributed by atoms with Crippen LogP contribution in [-0.2, 0) is 6.54 Å². The Bertz CT molecular complexity index is 1020. The molecule has 5 nitrogen and oxygen atoms in total. The van der Waals surface area contributed by atoms with Crippen LogP contribution in [0, 0.1) is 12.8 Å². The summed E-state index contributed by atoms with van der Waals surface area (Å²) in [7, 11) is 0. The molecule has 0 saturated heterocycles. The summed E-state index contributed by atoms with van der Waals surface area (Å²) >= 11 is 1.45. The lowest BCUT2D eigenvalue weighted by atomic mass is 9.83. The van der Waals surface area contributed by atoms with Gasteiger partial charge in [-0.05, 0) is 42.7 Å². The average Bonchev–Trinajstić information content (AvgIpc) is 3.10. The Morgan fingerprint density at radius 3 is 2.59 bits per heavy atom. The fourth-order valence-corrected chi connectivity index (χ4v) is 5.17. The van der Waals surface area contributed by atoms with Crippen molar-refractivity contribution in [3.63, 3.8) is 0 Å². The van der Waals surface area contributed by atoms with E-state index < -0.39 is 0 Å². The van der Waals surface area contributed by atoms with Gasteiger partial charge >= 0.3 is 0 Å². The standard InChI is InChI=1S/C23H30N4OS/c1-15(2)22(19-11-9-18(10-12-19)17-7-5-4-6-8-17)24-14-20-13-21(28)27-23(25-20)29-16(3)26-27/h9-13,15,17,22,24H,4-8,14H2,1-3H3. The molecule has 1 atom stereocenters. The van der Waals surface area contributed by atoms with Gasteiger partial charge in [-0.15, -0.1) is 0 Å². The maximum absolute atomic E-state index is 12.3. The van der Waals surface area contributed by atoms with E-state index in [-0.39, 0.29) is 11.6 Å². The number of nitrogens with one attached hydrogen (secondary N) is 1. The van der Waals surface area contributed by atoms with Crippen LogP contribution in [0.3, 0.4) is 0 Å². The summed E-state index contributed by atoms with van der Waals surface area (Å²) in [4.78, 5) is 17.6. The van der Waals surface area contributed by atoms with E-state index in [1.54, 1.807) is 6.07 Å². The third-order valence-electron chi connectivity index (χ3n) is 5.94. The molecule has 1 saturated carbocycles. The number of rotatable bonds is 6. The fraction of sp³-hybridized carbons (Fsp3) is 0.522. The monoisotopic (exact) mass is 410 g/mol. The molecule has 29 heavy (non-hydrogen) atoms. The SMILES string of the molecule is Cc1nn2c(=O)cc(CNC(c3ccc(C4CCCCC4)cc3)C(C)C)nc2s1. The molecule has 0 aliphatic heterocycles. The zero-order valence-corrected chi connectivity index (χ0v) is 18.3. The molecular weight excluding hydrogens is 380 g/mol. The first kappa shape index (κ1) is 20.2. The van der Waals surface area contributed by atoms with Crippen LogP contribution in [0.15, 0.2) is 35.1 Å². The van der Waals surface area contributed by atoms with Crippen LogP contribution >= 0.6 is 11.3 Å². The van der Waals surface area contributed by atoms with Crippen molar-refractivity contribution < 1.29 is 0 Å². The number of hydrogen-bond donors (Lipinski definition) is 1. The molecule has 2 heterocycles. The Labute approximate surface area is 176 Å². The minimum Gasteiger partial charge on any atom is -0.304 e. The van der Waals surface area contributed by atoms with E-state index in [0.717, 1.165) is 16.6 Å². The maximum atomic E-state index is 12.3. The zero-order valence-electron chi connectivity index (χ0n) is 17.5. The second-order valence-electron chi connectivity index (χ2n) is 8.51. The summed E-state index contributed by atoms with van der Waals surface area (Å²) in [5, 5.41) is 8.68. The van der Waals surface area contributed by atoms with E-state index in [1.165, 1.54) is 59.1 Å². The maximum Gasteiger partial charge on any atom is 0.275 e. The van der Waals surface area contributed by atoms with Crippen LogP contribution in [0.1, 0.15) is 79.7 Å². The highest BCUT2D eigenvalue weighted by Crippen LogP contribution is 2.33. The Morgan fingerprint density at radius 2 is 1.90 bits per heavy atom. The lowest BCUT2D eigenvalue weighted by Gasteiger charge is -2.25. The number of nitrogens with zero attached hydrogens (tertiary/aromatic N) is 3. The van der Waals surface area contributed by atoms with Gasteiger partial charge in [-0.2, -0.15) is 9.61 Å². The van der Waals surface area contributed by atoms with Gasteiger partial charge in [-0.25, -0.2) is 4.98 Å². The topological polar surface area (TPSA) is 59.3 Å². The minimum absolute atomic E-state index is 0.117. The summed E-state index contributed by atoms with van der Waals surface area (Å²) in [5.41, 5.74) is 3.43. The fourth-order valence-electron chi connectivity index (χ4n) is 4.41. The third-order valence-corrected chi connectivity index (χ3v) is 6.76. The van der Waals surface area contributed by atoms with Crippen molar-refractivity contribution in [2.75, 3.05) is 0 Å². The second-order valence-corrected chi connectivity index (χ2v) is 9.67. The highest BCUT2D eigenvalue weighted by Gasteiger charge is 2.19. The highest BCUT2D eigenvalue weighted by atomic mass is 32.1. The first-order chi connectivity index (χ1) is 14.0. The predicted octanol–water partition coefficient (Wildman–Crippen LogP) is 4.99. The van der Waals surface area contributed by atoms with E-state index >= 15 is 0 Å². The van der Waals surface area contributed by atoms with Gasteiger partial charge in [-0.3, -0.25) is 4.79 Å². The molecule has 3 aromatic rings. The summed E-state index contributed by atoms with van der Waals surface area (Å²) < 4.78 is 1.38. The molecule has 0 bridgehead atoms. The molecule has 4 rings (SSSR count). The average molecular weight is 411 g/mol. The zero-order chi connectivity index (χ0) is 20.4. The molecule has 0 spiro atoms. The molecule has 1 unspecified atom stereocenters. The molecular formula is C23H30N4OS. The molecule has 0 amide bonds. The summed E-state index contributed by atoms with van der Waals surface area (Å²) in [6.45, 7) is 6.91. The van der Waals surface area contributed by atoms with Crippen LogP contribution < -0.4 is 10.9 Å². The van der Waals surface area contributed by atoms with Crippen molar-refractivity contribution in [2.45, 2.75) is 71.4 Å². The summed E-state index contributed by atoms with van der Waals surface area (Å²) in [6, 6.07) is 11.0. The van der Waals surface area contributed by atoms with Crippen LogP contribution in [0.2, 0.25) is 0 Å².